The van der Waals surface area contributed by atoms with Crippen LogP contribution in [0, 0.1) is 0 Å². The van der Waals surface area contributed by atoms with Gasteiger partial charge in [-0.25, -0.2) is 4.79 Å². The van der Waals surface area contributed by atoms with Crippen LogP contribution in [-0.2, 0) is 4.74 Å². The van der Waals surface area contributed by atoms with Gasteiger partial charge < -0.3 is 9.84 Å². The van der Waals surface area contributed by atoms with Crippen LogP contribution in [0.15, 0.2) is 6.20 Å². The highest BCUT2D eigenvalue weighted by Gasteiger charge is 2.27. The van der Waals surface area contributed by atoms with Crippen molar-refractivity contribution in [3.8, 4) is 0 Å². The largest absolute Gasteiger partial charge is 0.478 e. The molecule has 5 nitrogen and oxygen atoms in total. The smallest absolute Gasteiger partial charge is 0.339 e. The van der Waals surface area contributed by atoms with Crippen LogP contribution in [0.2, 0.25) is 0 Å². The van der Waals surface area contributed by atoms with Gasteiger partial charge in [0.25, 0.3) is 0 Å². The van der Waals surface area contributed by atoms with Gasteiger partial charge >= 0.3 is 5.97 Å². The van der Waals surface area contributed by atoms with Gasteiger partial charge in [0.15, 0.2) is 0 Å². The standard InChI is InChI=1S/C11H16N2O3/c1-7(2)13-5-9(11(14)15)10(12-13)8-3-4-16-6-8/h5,7-8H,3-4,6H2,1-2H3,(H,14,15). The SMILES string of the molecule is CC(C)n1cc(C(=O)O)c(C2CCOC2)n1. The lowest BCUT2D eigenvalue weighted by atomic mass is 10.0. The number of rotatable bonds is 3. The lowest BCUT2D eigenvalue weighted by Gasteiger charge is -2.06. The van der Waals surface area contributed by atoms with Gasteiger partial charge in [-0.05, 0) is 20.3 Å². The molecule has 1 saturated heterocycles. The first kappa shape index (κ1) is 11.1. The lowest BCUT2D eigenvalue weighted by Crippen LogP contribution is -2.07. The third-order valence-electron chi connectivity index (χ3n) is 2.84. The molecule has 1 aromatic heterocycles. The van der Waals surface area contributed by atoms with Crippen molar-refractivity contribution in [2.24, 2.45) is 0 Å². The van der Waals surface area contributed by atoms with Crippen LogP contribution in [0.3, 0.4) is 0 Å². The Morgan fingerprint density at radius 2 is 2.44 bits per heavy atom. The fourth-order valence-corrected chi connectivity index (χ4v) is 1.89. The molecule has 88 valence electrons. The molecule has 0 aliphatic carbocycles. The van der Waals surface area contributed by atoms with Crippen LogP contribution < -0.4 is 0 Å². The van der Waals surface area contributed by atoms with E-state index in [1.165, 1.54) is 0 Å². The number of ether oxygens (including phenoxy) is 1. The minimum Gasteiger partial charge on any atom is -0.478 e. The number of carboxylic acid groups (broad SMARTS) is 1. The van der Waals surface area contributed by atoms with Crippen LogP contribution in [0.4, 0.5) is 0 Å². The highest BCUT2D eigenvalue weighted by molar-refractivity contribution is 5.88. The van der Waals surface area contributed by atoms with E-state index in [1.807, 2.05) is 13.8 Å². The summed E-state index contributed by atoms with van der Waals surface area (Å²) < 4.78 is 6.98. The zero-order valence-corrected chi connectivity index (χ0v) is 9.51. The first-order chi connectivity index (χ1) is 7.59. The van der Waals surface area contributed by atoms with E-state index < -0.39 is 5.97 Å². The van der Waals surface area contributed by atoms with Gasteiger partial charge in [0.05, 0.1) is 12.3 Å². The molecule has 0 aromatic carbocycles. The molecule has 0 amide bonds. The van der Waals surface area contributed by atoms with Crippen molar-refractivity contribution in [3.05, 3.63) is 17.5 Å². The summed E-state index contributed by atoms with van der Waals surface area (Å²) in [4.78, 5) is 11.1. The van der Waals surface area contributed by atoms with Crippen LogP contribution in [0.25, 0.3) is 0 Å². The van der Waals surface area contributed by atoms with E-state index in [2.05, 4.69) is 5.10 Å². The number of aromatic carboxylic acids is 1. The van der Waals surface area contributed by atoms with Gasteiger partial charge in [-0.1, -0.05) is 0 Å². The topological polar surface area (TPSA) is 64.4 Å². The Labute approximate surface area is 94.0 Å². The molecule has 1 aromatic rings. The Hall–Kier alpha value is -1.36. The quantitative estimate of drug-likeness (QED) is 0.848. The summed E-state index contributed by atoms with van der Waals surface area (Å²) in [5, 5.41) is 13.5. The van der Waals surface area contributed by atoms with E-state index >= 15 is 0 Å². The van der Waals surface area contributed by atoms with Gasteiger partial charge in [0.2, 0.25) is 0 Å². The van der Waals surface area contributed by atoms with Gasteiger partial charge in [-0.2, -0.15) is 5.10 Å². The van der Waals surface area contributed by atoms with Gasteiger partial charge in [-0.3, -0.25) is 4.68 Å². The second kappa shape index (κ2) is 4.25. The number of hydrogen-bond donors (Lipinski definition) is 1. The normalized spacial score (nSPS) is 20.6. The van der Waals surface area contributed by atoms with E-state index in [-0.39, 0.29) is 12.0 Å². The molecule has 1 N–H and O–H groups in total. The van der Waals surface area contributed by atoms with Gasteiger partial charge in [-0.15, -0.1) is 0 Å². The first-order valence-electron chi connectivity index (χ1n) is 5.49. The maximum absolute atomic E-state index is 11.1. The van der Waals surface area contributed by atoms with Crippen molar-refractivity contribution in [3.63, 3.8) is 0 Å². The van der Waals surface area contributed by atoms with E-state index in [0.29, 0.717) is 24.5 Å². The molecule has 1 unspecified atom stereocenters. The summed E-state index contributed by atoms with van der Waals surface area (Å²) in [6, 6.07) is 0.175. The highest BCUT2D eigenvalue weighted by atomic mass is 16.5. The van der Waals surface area contributed by atoms with Crippen molar-refractivity contribution in [2.75, 3.05) is 13.2 Å². The minimum absolute atomic E-state index is 0.131. The van der Waals surface area contributed by atoms with Gasteiger partial charge in [0.1, 0.15) is 5.56 Å². The summed E-state index contributed by atoms with van der Waals surface area (Å²) >= 11 is 0. The molecule has 1 fully saturated rings. The molecule has 0 saturated carbocycles. The molecule has 5 heteroatoms. The molecule has 1 atom stereocenters. The van der Waals surface area contributed by atoms with E-state index in [9.17, 15) is 4.79 Å². The highest BCUT2D eigenvalue weighted by Crippen LogP contribution is 2.27. The first-order valence-corrected chi connectivity index (χ1v) is 5.49. The van der Waals surface area contributed by atoms with Crippen LogP contribution in [-0.4, -0.2) is 34.1 Å². The third-order valence-corrected chi connectivity index (χ3v) is 2.84. The van der Waals surface area contributed by atoms with Crippen molar-refractivity contribution in [2.45, 2.75) is 32.2 Å². The van der Waals surface area contributed by atoms with E-state index in [4.69, 9.17) is 9.84 Å². The molecule has 0 spiro atoms. The minimum atomic E-state index is -0.909. The Balaban J connectivity index is 2.37. The van der Waals surface area contributed by atoms with Gasteiger partial charge in [0, 0.05) is 24.8 Å². The molecule has 1 aliphatic heterocycles. The fourth-order valence-electron chi connectivity index (χ4n) is 1.89. The monoisotopic (exact) mass is 224 g/mol. The molecule has 2 rings (SSSR count). The Morgan fingerprint density at radius 3 is 2.94 bits per heavy atom. The Bertz CT molecular complexity index is 392. The number of hydrogen-bond acceptors (Lipinski definition) is 3. The number of carbonyl (C=O) groups is 1. The fraction of sp³-hybridized carbons (Fsp3) is 0.636. The molecular weight excluding hydrogens is 208 g/mol. The Morgan fingerprint density at radius 1 is 1.69 bits per heavy atom. The van der Waals surface area contributed by atoms with Crippen molar-refractivity contribution in [1.82, 2.24) is 9.78 Å². The maximum Gasteiger partial charge on any atom is 0.339 e. The summed E-state index contributed by atoms with van der Waals surface area (Å²) in [6.45, 7) is 5.23. The van der Waals surface area contributed by atoms with Crippen molar-refractivity contribution >= 4 is 5.97 Å². The lowest BCUT2D eigenvalue weighted by molar-refractivity contribution is 0.0695. The molecular formula is C11H16N2O3. The average Bonchev–Trinajstić information content (AvgIpc) is 2.86. The molecule has 1 aliphatic rings. The second-order valence-electron chi connectivity index (χ2n) is 4.37. The summed E-state index contributed by atoms with van der Waals surface area (Å²) in [5.74, 6) is -0.778. The second-order valence-corrected chi connectivity index (χ2v) is 4.37. The number of aromatic nitrogens is 2. The zero-order chi connectivity index (χ0) is 11.7. The van der Waals surface area contributed by atoms with Crippen LogP contribution in [0.1, 0.15) is 48.3 Å². The predicted molar refractivity (Wildman–Crippen MR) is 57.7 cm³/mol. The van der Waals surface area contributed by atoms with Crippen LogP contribution >= 0.6 is 0 Å². The van der Waals surface area contributed by atoms with Crippen molar-refractivity contribution < 1.29 is 14.6 Å². The summed E-state index contributed by atoms with van der Waals surface area (Å²) in [6.07, 6.45) is 2.47. The van der Waals surface area contributed by atoms with E-state index in [1.54, 1.807) is 10.9 Å². The summed E-state index contributed by atoms with van der Waals surface area (Å²) in [5.41, 5.74) is 0.975. The summed E-state index contributed by atoms with van der Waals surface area (Å²) in [7, 11) is 0. The van der Waals surface area contributed by atoms with Crippen molar-refractivity contribution in [1.29, 1.82) is 0 Å². The maximum atomic E-state index is 11.1. The molecule has 0 bridgehead atoms. The number of carboxylic acids is 1. The average molecular weight is 224 g/mol. The third kappa shape index (κ3) is 1.95. The molecule has 16 heavy (non-hydrogen) atoms. The number of nitrogens with zero attached hydrogens (tertiary/aromatic N) is 2. The molecule has 2 heterocycles. The van der Waals surface area contributed by atoms with Crippen LogP contribution in [0.5, 0.6) is 0 Å². The predicted octanol–water partition coefficient (Wildman–Crippen LogP) is 1.67. The zero-order valence-electron chi connectivity index (χ0n) is 9.51. The van der Waals surface area contributed by atoms with E-state index in [0.717, 1.165) is 6.42 Å². The Kier molecular flexibility index (Phi) is 2.96. The molecule has 0 radical (unpaired) electrons.